The molecule has 25 heavy (non-hydrogen) atoms. The minimum atomic E-state index is 0.131. The highest BCUT2D eigenvalue weighted by atomic mass is 32.2. The number of hydrogen-bond donors (Lipinski definition) is 0. The van der Waals surface area contributed by atoms with Crippen LogP contribution >= 0.6 is 23.1 Å². The van der Waals surface area contributed by atoms with Crippen molar-refractivity contribution in [3.63, 3.8) is 0 Å². The van der Waals surface area contributed by atoms with Gasteiger partial charge in [-0.3, -0.25) is 9.79 Å². The Morgan fingerprint density at radius 1 is 1.28 bits per heavy atom. The van der Waals surface area contributed by atoms with Gasteiger partial charge in [-0.05, 0) is 30.4 Å². The van der Waals surface area contributed by atoms with Crippen molar-refractivity contribution < 1.29 is 4.79 Å². The van der Waals surface area contributed by atoms with Crippen LogP contribution in [0.15, 0.2) is 40.4 Å². The van der Waals surface area contributed by atoms with E-state index in [1.54, 1.807) is 23.1 Å². The molecule has 1 atom stereocenters. The van der Waals surface area contributed by atoms with E-state index < -0.39 is 0 Å². The van der Waals surface area contributed by atoms with Gasteiger partial charge < -0.3 is 9.80 Å². The third kappa shape index (κ3) is 2.66. The van der Waals surface area contributed by atoms with Gasteiger partial charge in [0.05, 0.1) is 29.2 Å². The predicted octanol–water partition coefficient (Wildman–Crippen LogP) is 3.61. The van der Waals surface area contributed by atoms with Crippen molar-refractivity contribution in [1.82, 2.24) is 14.8 Å². The van der Waals surface area contributed by atoms with E-state index in [1.165, 1.54) is 4.70 Å². The summed E-state index contributed by atoms with van der Waals surface area (Å²) in [6, 6.07) is 8.34. The Balaban J connectivity index is 1.35. The second-order valence-corrected chi connectivity index (χ2v) is 8.38. The molecule has 0 spiro atoms. The number of thioether (sulfide) groups is 1. The molecule has 3 aliphatic heterocycles. The van der Waals surface area contributed by atoms with Crippen LogP contribution in [0.3, 0.4) is 0 Å². The topological polar surface area (TPSA) is 48.8 Å². The molecule has 0 N–H and O–H groups in total. The van der Waals surface area contributed by atoms with Crippen LogP contribution in [0.1, 0.15) is 30.3 Å². The molecule has 5 nitrogen and oxygen atoms in total. The normalized spacial score (nSPS) is 22.5. The van der Waals surface area contributed by atoms with E-state index in [9.17, 15) is 4.79 Å². The number of carbonyl (C=O) groups excluding carboxylic acids is 1. The van der Waals surface area contributed by atoms with Gasteiger partial charge in [0, 0.05) is 18.8 Å². The summed E-state index contributed by atoms with van der Waals surface area (Å²) in [5, 5.41) is 4.20. The van der Waals surface area contributed by atoms with Crippen LogP contribution in [0.25, 0.3) is 10.2 Å². The molecule has 3 aliphatic rings. The molecular formula is C18H18N4OS2. The molecule has 2 aromatic rings. The standard InChI is InChI=1S/C18H18N4OS2/c23-16(10-12-11-24-18-19-7-9-21(12)18)22-8-3-5-14(22)17-20-13-4-1-2-6-15(13)25-17/h1-2,4,6,11,14H,3,5,7-10H2. The second kappa shape index (κ2) is 6.14. The number of para-hydroxylation sites is 1. The van der Waals surface area contributed by atoms with Crippen LogP contribution in [0.5, 0.6) is 0 Å². The SMILES string of the molecule is O=C(CC1=CSC2=NCCN12)N1CCCC1c1nc2ccccc2s1. The van der Waals surface area contributed by atoms with E-state index in [1.807, 2.05) is 23.1 Å². The largest absolute Gasteiger partial charge is 0.333 e. The van der Waals surface area contributed by atoms with Gasteiger partial charge in [-0.25, -0.2) is 4.98 Å². The molecular weight excluding hydrogens is 352 g/mol. The van der Waals surface area contributed by atoms with Crippen molar-refractivity contribution in [3.05, 3.63) is 40.4 Å². The van der Waals surface area contributed by atoms with Gasteiger partial charge >= 0.3 is 0 Å². The molecule has 128 valence electrons. The number of amides is 1. The monoisotopic (exact) mass is 370 g/mol. The summed E-state index contributed by atoms with van der Waals surface area (Å²) in [6.45, 7) is 2.58. The number of thiazole rings is 1. The van der Waals surface area contributed by atoms with Crippen LogP contribution in [0, 0.1) is 0 Å². The fraction of sp³-hybridized carbons (Fsp3) is 0.389. The highest BCUT2D eigenvalue weighted by Crippen LogP contribution is 2.38. The molecule has 0 saturated carbocycles. The molecule has 7 heteroatoms. The number of benzene rings is 1. The first-order chi connectivity index (χ1) is 12.3. The number of rotatable bonds is 3. The molecule has 4 heterocycles. The smallest absolute Gasteiger partial charge is 0.229 e. The van der Waals surface area contributed by atoms with Gasteiger partial charge in [0.2, 0.25) is 5.91 Å². The second-order valence-electron chi connectivity index (χ2n) is 6.48. The summed E-state index contributed by atoms with van der Waals surface area (Å²) in [7, 11) is 0. The van der Waals surface area contributed by atoms with Crippen molar-refractivity contribution in [2.24, 2.45) is 4.99 Å². The third-order valence-corrected chi connectivity index (χ3v) is 7.04. The van der Waals surface area contributed by atoms with E-state index in [0.717, 1.165) is 53.9 Å². The molecule has 5 rings (SSSR count). The Morgan fingerprint density at radius 3 is 3.12 bits per heavy atom. The van der Waals surface area contributed by atoms with Crippen molar-refractivity contribution in [2.45, 2.75) is 25.3 Å². The summed E-state index contributed by atoms with van der Waals surface area (Å²) in [4.78, 5) is 26.4. The lowest BCUT2D eigenvalue weighted by molar-refractivity contribution is -0.131. The summed E-state index contributed by atoms with van der Waals surface area (Å²) >= 11 is 3.36. The fourth-order valence-corrected chi connectivity index (χ4v) is 5.80. The number of aromatic nitrogens is 1. The van der Waals surface area contributed by atoms with Gasteiger partial charge in [0.15, 0.2) is 5.17 Å². The Kier molecular flexibility index (Phi) is 3.78. The molecule has 1 fully saturated rings. The summed E-state index contributed by atoms with van der Waals surface area (Å²) in [6.07, 6.45) is 2.53. The molecule has 1 aromatic heterocycles. The Labute approximate surface area is 154 Å². The number of hydrogen-bond acceptors (Lipinski definition) is 6. The lowest BCUT2D eigenvalue weighted by Gasteiger charge is -2.25. The molecule has 1 amide bonds. The zero-order valence-corrected chi connectivity index (χ0v) is 15.4. The zero-order valence-electron chi connectivity index (χ0n) is 13.7. The molecule has 1 aromatic carbocycles. The summed E-state index contributed by atoms with van der Waals surface area (Å²) in [5.41, 5.74) is 2.14. The number of aliphatic imine (C=N–C) groups is 1. The average Bonchev–Trinajstić information content (AvgIpc) is 3.38. The van der Waals surface area contributed by atoms with Crippen LogP contribution < -0.4 is 0 Å². The molecule has 0 aliphatic carbocycles. The summed E-state index contributed by atoms with van der Waals surface area (Å²) in [5.74, 6) is 0.210. The fourth-order valence-electron chi connectivity index (χ4n) is 3.73. The number of nitrogens with zero attached hydrogens (tertiary/aromatic N) is 4. The van der Waals surface area contributed by atoms with Crippen molar-refractivity contribution in [1.29, 1.82) is 0 Å². The van der Waals surface area contributed by atoms with Crippen LogP contribution in [0.2, 0.25) is 0 Å². The predicted molar refractivity (Wildman–Crippen MR) is 103 cm³/mol. The first kappa shape index (κ1) is 15.4. The van der Waals surface area contributed by atoms with Crippen molar-refractivity contribution >= 4 is 44.4 Å². The minimum Gasteiger partial charge on any atom is -0.333 e. The molecule has 1 unspecified atom stereocenters. The molecule has 0 bridgehead atoms. The molecule has 1 saturated heterocycles. The van der Waals surface area contributed by atoms with E-state index in [0.29, 0.717) is 6.42 Å². The number of likely N-dealkylation sites (tertiary alicyclic amines) is 1. The number of fused-ring (bicyclic) bond motifs is 2. The van der Waals surface area contributed by atoms with Gasteiger partial charge in [-0.15, -0.1) is 11.3 Å². The van der Waals surface area contributed by atoms with Crippen molar-refractivity contribution in [3.8, 4) is 0 Å². The number of amidine groups is 1. The average molecular weight is 371 g/mol. The number of carbonyl (C=O) groups is 1. The van der Waals surface area contributed by atoms with E-state index in [-0.39, 0.29) is 11.9 Å². The Morgan fingerprint density at radius 2 is 2.20 bits per heavy atom. The van der Waals surface area contributed by atoms with E-state index in [2.05, 4.69) is 21.4 Å². The Hall–Kier alpha value is -1.86. The van der Waals surface area contributed by atoms with Gasteiger partial charge in [-0.2, -0.15) is 0 Å². The van der Waals surface area contributed by atoms with E-state index >= 15 is 0 Å². The quantitative estimate of drug-likeness (QED) is 0.828. The third-order valence-electron chi connectivity index (χ3n) is 4.95. The zero-order chi connectivity index (χ0) is 16.8. The summed E-state index contributed by atoms with van der Waals surface area (Å²) < 4.78 is 1.20. The maximum absolute atomic E-state index is 13.0. The maximum atomic E-state index is 13.0. The van der Waals surface area contributed by atoms with Gasteiger partial charge in [0.1, 0.15) is 5.01 Å². The van der Waals surface area contributed by atoms with Crippen LogP contribution in [0.4, 0.5) is 0 Å². The van der Waals surface area contributed by atoms with Crippen molar-refractivity contribution in [2.75, 3.05) is 19.6 Å². The lowest BCUT2D eigenvalue weighted by atomic mass is 10.2. The van der Waals surface area contributed by atoms with Crippen LogP contribution in [-0.4, -0.2) is 45.5 Å². The maximum Gasteiger partial charge on any atom is 0.229 e. The first-order valence-electron chi connectivity index (χ1n) is 8.62. The van der Waals surface area contributed by atoms with E-state index in [4.69, 9.17) is 4.98 Å². The lowest BCUT2D eigenvalue weighted by Crippen LogP contribution is -2.32. The highest BCUT2D eigenvalue weighted by Gasteiger charge is 2.34. The van der Waals surface area contributed by atoms with Crippen LogP contribution in [-0.2, 0) is 4.79 Å². The minimum absolute atomic E-state index is 0.131. The van der Waals surface area contributed by atoms with Gasteiger partial charge in [-0.1, -0.05) is 23.9 Å². The van der Waals surface area contributed by atoms with Gasteiger partial charge in [0.25, 0.3) is 0 Å². The molecule has 0 radical (unpaired) electrons. The Bertz CT molecular complexity index is 870. The highest BCUT2D eigenvalue weighted by molar-refractivity contribution is 8.16. The first-order valence-corrected chi connectivity index (χ1v) is 10.3.